The van der Waals surface area contributed by atoms with Crippen LogP contribution in [0.3, 0.4) is 0 Å². The number of hydroxylamine groups is 2. The fraction of sp³-hybridized carbons (Fsp3) is 0.375. The van der Waals surface area contributed by atoms with E-state index in [2.05, 4.69) is 0 Å². The lowest BCUT2D eigenvalue weighted by Crippen LogP contribution is -2.28. The molecule has 1 saturated heterocycles. The largest absolute Gasteiger partial charge is 0.497 e. The quantitative estimate of drug-likeness (QED) is 0.467. The molecule has 1 heterocycles. The number of methoxy groups -OCH3 is 1. The molecule has 0 aromatic heterocycles. The summed E-state index contributed by atoms with van der Waals surface area (Å²) in [7, 11) is 2.95. The molecule has 0 unspecified atom stereocenters. The summed E-state index contributed by atoms with van der Waals surface area (Å²) in [6.45, 7) is 3.38. The Morgan fingerprint density at radius 2 is 1.87 bits per heavy atom. The van der Waals surface area contributed by atoms with Gasteiger partial charge in [0.2, 0.25) is 11.5 Å². The highest BCUT2D eigenvalue weighted by atomic mass is 16.8. The molecule has 0 bridgehead atoms. The zero-order chi connectivity index (χ0) is 17.0. The molecule has 0 N–H and O–H groups in total. The van der Waals surface area contributed by atoms with Crippen LogP contribution in [0.4, 0.5) is 0 Å². The van der Waals surface area contributed by atoms with Gasteiger partial charge in [-0.05, 0) is 17.7 Å². The van der Waals surface area contributed by atoms with E-state index in [1.54, 1.807) is 33.1 Å². The van der Waals surface area contributed by atoms with E-state index in [0.29, 0.717) is 0 Å². The minimum Gasteiger partial charge on any atom is -0.497 e. The molecule has 0 saturated carbocycles. The van der Waals surface area contributed by atoms with E-state index in [4.69, 9.17) is 19.0 Å². The van der Waals surface area contributed by atoms with Crippen molar-refractivity contribution >= 4 is 11.9 Å². The Morgan fingerprint density at radius 1 is 1.22 bits per heavy atom. The molecule has 7 nitrogen and oxygen atoms in total. The van der Waals surface area contributed by atoms with Gasteiger partial charge in [-0.15, -0.1) is 0 Å². The molecule has 0 atom stereocenters. The maximum atomic E-state index is 12.2. The third kappa shape index (κ3) is 4.23. The first kappa shape index (κ1) is 16.8. The Hall–Kier alpha value is -2.54. The number of nitrogens with zero attached hydrogens (tertiary/aromatic N) is 1. The highest BCUT2D eigenvalue weighted by Crippen LogP contribution is 2.26. The predicted octanol–water partition coefficient (Wildman–Crippen LogP) is 1.78. The van der Waals surface area contributed by atoms with Gasteiger partial charge in [-0.2, -0.15) is 0 Å². The van der Waals surface area contributed by atoms with Gasteiger partial charge in [0.1, 0.15) is 5.75 Å². The second-order valence-corrected chi connectivity index (χ2v) is 5.31. The van der Waals surface area contributed by atoms with Gasteiger partial charge in [0, 0.05) is 13.8 Å². The second kappa shape index (κ2) is 6.70. The predicted molar refractivity (Wildman–Crippen MR) is 79.9 cm³/mol. The van der Waals surface area contributed by atoms with Crippen LogP contribution in [0.1, 0.15) is 19.4 Å². The number of ether oxygens (including phenoxy) is 3. The van der Waals surface area contributed by atoms with Crippen molar-refractivity contribution in [1.82, 2.24) is 5.06 Å². The zero-order valence-corrected chi connectivity index (χ0v) is 13.5. The van der Waals surface area contributed by atoms with Crippen molar-refractivity contribution in [2.75, 3.05) is 14.2 Å². The van der Waals surface area contributed by atoms with Gasteiger partial charge in [-0.3, -0.25) is 9.63 Å². The van der Waals surface area contributed by atoms with Crippen LogP contribution >= 0.6 is 0 Å². The third-order valence-corrected chi connectivity index (χ3v) is 3.10. The smallest absolute Gasteiger partial charge is 0.377 e. The van der Waals surface area contributed by atoms with Gasteiger partial charge in [-0.1, -0.05) is 12.1 Å². The van der Waals surface area contributed by atoms with Crippen LogP contribution in [0.25, 0.3) is 0 Å². The summed E-state index contributed by atoms with van der Waals surface area (Å²) in [5.41, 5.74) is 0.842. The number of carbonyl (C=O) groups is 2. The summed E-state index contributed by atoms with van der Waals surface area (Å²) in [5, 5.41) is 1.11. The van der Waals surface area contributed by atoms with Crippen LogP contribution in [-0.2, 0) is 30.4 Å². The van der Waals surface area contributed by atoms with Crippen LogP contribution in [0.5, 0.6) is 5.75 Å². The van der Waals surface area contributed by atoms with Gasteiger partial charge >= 0.3 is 5.97 Å². The summed E-state index contributed by atoms with van der Waals surface area (Å²) < 4.78 is 15.3. The van der Waals surface area contributed by atoms with Crippen molar-refractivity contribution in [3.05, 3.63) is 41.7 Å². The van der Waals surface area contributed by atoms with E-state index >= 15 is 0 Å². The van der Waals surface area contributed by atoms with E-state index in [9.17, 15) is 9.59 Å². The maximum absolute atomic E-state index is 12.2. The lowest BCUT2D eigenvalue weighted by Gasteiger charge is -2.18. The molecule has 1 fully saturated rings. The molecule has 124 valence electrons. The summed E-state index contributed by atoms with van der Waals surface area (Å²) in [4.78, 5) is 28.9. The number of carbonyl (C=O) groups excluding carboxylic acids is 2. The molecule has 2 rings (SSSR count). The van der Waals surface area contributed by atoms with Crippen molar-refractivity contribution in [1.29, 1.82) is 0 Å². The Kier molecular flexibility index (Phi) is 4.90. The lowest BCUT2D eigenvalue weighted by atomic mass is 10.2. The summed E-state index contributed by atoms with van der Waals surface area (Å²) in [5.74, 6) is -1.69. The molecule has 1 amide bonds. The van der Waals surface area contributed by atoms with Gasteiger partial charge in [0.05, 0.1) is 26.8 Å². The van der Waals surface area contributed by atoms with E-state index in [1.807, 2.05) is 12.1 Å². The number of esters is 1. The number of hydrogen-bond acceptors (Lipinski definition) is 6. The zero-order valence-electron chi connectivity index (χ0n) is 13.5. The minimum atomic E-state index is -1.07. The first-order valence-corrected chi connectivity index (χ1v) is 6.97. The van der Waals surface area contributed by atoms with Crippen LogP contribution in [0, 0.1) is 0 Å². The van der Waals surface area contributed by atoms with Gasteiger partial charge < -0.3 is 14.2 Å². The van der Waals surface area contributed by atoms with Crippen molar-refractivity contribution < 1.29 is 28.6 Å². The topological polar surface area (TPSA) is 74.3 Å². The number of cyclic esters (lactones) is 1. The molecule has 0 radical (unpaired) electrons. The number of hydrogen-bond donors (Lipinski definition) is 0. The molecule has 23 heavy (non-hydrogen) atoms. The molecule has 0 aliphatic carbocycles. The Balaban J connectivity index is 2.08. The Bertz CT molecular complexity index is 620. The van der Waals surface area contributed by atoms with Crippen LogP contribution in [0.2, 0.25) is 0 Å². The standard InChI is InChI=1S/C16H19NO6/c1-16(2)22-13(15(19)23-16)9-14(18)17(21-4)10-11-5-7-12(20-3)8-6-11/h5-9H,10H2,1-4H3/b13-9-. The highest BCUT2D eigenvalue weighted by Gasteiger charge is 2.38. The van der Waals surface area contributed by atoms with Crippen molar-refractivity contribution in [2.45, 2.75) is 26.2 Å². The summed E-state index contributed by atoms with van der Waals surface area (Å²) in [6.07, 6.45) is 1.06. The molecule has 1 aromatic carbocycles. The third-order valence-electron chi connectivity index (χ3n) is 3.10. The molecule has 0 spiro atoms. The van der Waals surface area contributed by atoms with Crippen LogP contribution in [-0.4, -0.2) is 36.9 Å². The summed E-state index contributed by atoms with van der Waals surface area (Å²) in [6, 6.07) is 7.20. The highest BCUT2D eigenvalue weighted by molar-refractivity contribution is 5.97. The Morgan fingerprint density at radius 3 is 2.35 bits per heavy atom. The van der Waals surface area contributed by atoms with Crippen LogP contribution in [0.15, 0.2) is 36.1 Å². The number of amides is 1. The van der Waals surface area contributed by atoms with Gasteiger partial charge in [0.25, 0.3) is 5.91 Å². The van der Waals surface area contributed by atoms with E-state index in [-0.39, 0.29) is 12.3 Å². The van der Waals surface area contributed by atoms with E-state index in [1.165, 1.54) is 7.11 Å². The first-order valence-electron chi connectivity index (χ1n) is 6.97. The SMILES string of the molecule is COc1ccc(CN(OC)C(=O)/C=C2\OC(C)(C)OC2=O)cc1. The fourth-order valence-electron chi connectivity index (χ4n) is 2.00. The molecule has 1 aliphatic heterocycles. The second-order valence-electron chi connectivity index (χ2n) is 5.31. The summed E-state index contributed by atoms with van der Waals surface area (Å²) >= 11 is 0. The maximum Gasteiger partial charge on any atom is 0.377 e. The normalized spacial score (nSPS) is 17.6. The lowest BCUT2D eigenvalue weighted by molar-refractivity contribution is -0.173. The monoisotopic (exact) mass is 321 g/mol. The van der Waals surface area contributed by atoms with Crippen molar-refractivity contribution in [2.24, 2.45) is 0 Å². The molecular weight excluding hydrogens is 302 g/mol. The van der Waals surface area contributed by atoms with Crippen molar-refractivity contribution in [3.8, 4) is 5.75 Å². The minimum absolute atomic E-state index is 0.142. The molecule has 7 heteroatoms. The molecule has 1 aliphatic rings. The molecular formula is C16H19NO6. The van der Waals surface area contributed by atoms with E-state index in [0.717, 1.165) is 22.5 Å². The first-order chi connectivity index (χ1) is 10.8. The van der Waals surface area contributed by atoms with Gasteiger partial charge in [0.15, 0.2) is 0 Å². The van der Waals surface area contributed by atoms with E-state index < -0.39 is 17.7 Å². The number of benzene rings is 1. The Labute approximate surface area is 134 Å². The van der Waals surface area contributed by atoms with Gasteiger partial charge in [-0.25, -0.2) is 9.86 Å². The average molecular weight is 321 g/mol. The molecule has 1 aromatic rings. The average Bonchev–Trinajstić information content (AvgIpc) is 2.77. The number of rotatable bonds is 5. The van der Waals surface area contributed by atoms with Crippen LogP contribution < -0.4 is 4.74 Å². The fourth-order valence-corrected chi connectivity index (χ4v) is 2.00. The van der Waals surface area contributed by atoms with Crippen molar-refractivity contribution in [3.63, 3.8) is 0 Å².